The molecular formula is C17H18FN5O2. The van der Waals surface area contributed by atoms with Crippen molar-refractivity contribution in [3.63, 3.8) is 0 Å². The summed E-state index contributed by atoms with van der Waals surface area (Å²) in [6.07, 6.45) is 3.07. The average molecular weight is 343 g/mol. The van der Waals surface area contributed by atoms with E-state index in [0.29, 0.717) is 26.2 Å². The molecule has 25 heavy (non-hydrogen) atoms. The van der Waals surface area contributed by atoms with Gasteiger partial charge in [-0.15, -0.1) is 0 Å². The first-order valence-electron chi connectivity index (χ1n) is 7.92. The van der Waals surface area contributed by atoms with Crippen molar-refractivity contribution in [2.75, 3.05) is 31.9 Å². The lowest BCUT2D eigenvalue weighted by molar-refractivity contribution is -0.131. The smallest absolute Gasteiger partial charge is 0.276 e. The van der Waals surface area contributed by atoms with E-state index < -0.39 is 0 Å². The summed E-state index contributed by atoms with van der Waals surface area (Å²) in [5, 5.41) is 0. The van der Waals surface area contributed by atoms with Crippen LogP contribution < -0.4 is 5.73 Å². The van der Waals surface area contributed by atoms with Crippen LogP contribution >= 0.6 is 0 Å². The first kappa shape index (κ1) is 16.8. The van der Waals surface area contributed by atoms with E-state index in [1.807, 2.05) is 0 Å². The minimum atomic E-state index is -0.327. The highest BCUT2D eigenvalue weighted by Crippen LogP contribution is 2.12. The third-order valence-corrected chi connectivity index (χ3v) is 4.12. The minimum Gasteiger partial charge on any atom is -0.382 e. The third-order valence-electron chi connectivity index (χ3n) is 4.12. The monoisotopic (exact) mass is 343 g/mol. The van der Waals surface area contributed by atoms with Crippen LogP contribution in [0.4, 0.5) is 10.2 Å². The summed E-state index contributed by atoms with van der Waals surface area (Å²) < 4.78 is 12.9. The number of nitrogens with zero attached hydrogens (tertiary/aromatic N) is 4. The number of rotatable bonds is 3. The topological polar surface area (TPSA) is 92.4 Å². The van der Waals surface area contributed by atoms with Gasteiger partial charge in [0.25, 0.3) is 5.91 Å². The van der Waals surface area contributed by atoms with Gasteiger partial charge in [0, 0.05) is 38.6 Å². The molecule has 1 fully saturated rings. The number of carbonyl (C=O) groups excluding carboxylic acids is 2. The van der Waals surface area contributed by atoms with Crippen molar-refractivity contribution in [2.45, 2.75) is 6.42 Å². The van der Waals surface area contributed by atoms with Crippen molar-refractivity contribution in [1.29, 1.82) is 0 Å². The normalized spacial score (nSPS) is 14.4. The van der Waals surface area contributed by atoms with Gasteiger partial charge in [-0.25, -0.2) is 14.4 Å². The Morgan fingerprint density at radius 3 is 2.24 bits per heavy atom. The molecule has 1 aliphatic heterocycles. The standard InChI is InChI=1S/C17H18FN5O2/c18-13-3-1-12(2-4-13)11-14(24)22-7-9-23(10-8-22)17(25)15-16(19)21-6-5-20-15/h1-6H,7-11H2,(H2,19,21). The fraction of sp³-hybridized carbons (Fsp3) is 0.294. The predicted octanol–water partition coefficient (Wildman–Crippen LogP) is 0.725. The van der Waals surface area contributed by atoms with Crippen LogP contribution in [0.5, 0.6) is 0 Å². The molecule has 2 amide bonds. The van der Waals surface area contributed by atoms with Gasteiger partial charge in [-0.2, -0.15) is 0 Å². The Bertz CT molecular complexity index is 773. The summed E-state index contributed by atoms with van der Waals surface area (Å²) in [7, 11) is 0. The molecule has 2 heterocycles. The number of benzene rings is 1. The molecule has 1 aromatic carbocycles. The zero-order valence-electron chi connectivity index (χ0n) is 13.6. The zero-order chi connectivity index (χ0) is 17.8. The van der Waals surface area contributed by atoms with Gasteiger partial charge < -0.3 is 15.5 Å². The number of nitrogens with two attached hydrogens (primary N) is 1. The van der Waals surface area contributed by atoms with Crippen LogP contribution in [0.15, 0.2) is 36.7 Å². The SMILES string of the molecule is Nc1nccnc1C(=O)N1CCN(C(=O)Cc2ccc(F)cc2)CC1. The number of anilines is 1. The van der Waals surface area contributed by atoms with E-state index in [4.69, 9.17) is 5.73 Å². The maximum Gasteiger partial charge on any atom is 0.276 e. The molecule has 0 spiro atoms. The van der Waals surface area contributed by atoms with Gasteiger partial charge in [-0.05, 0) is 17.7 Å². The second-order valence-electron chi connectivity index (χ2n) is 5.77. The second-order valence-corrected chi connectivity index (χ2v) is 5.77. The van der Waals surface area contributed by atoms with Crippen LogP contribution in [-0.2, 0) is 11.2 Å². The summed E-state index contributed by atoms with van der Waals surface area (Å²) in [4.78, 5) is 35.9. The molecular weight excluding hydrogens is 325 g/mol. The molecule has 0 saturated carbocycles. The molecule has 0 unspecified atom stereocenters. The number of piperazine rings is 1. The number of halogens is 1. The minimum absolute atomic E-state index is 0.0438. The summed E-state index contributed by atoms with van der Waals surface area (Å²) in [6, 6.07) is 5.88. The van der Waals surface area contributed by atoms with Crippen molar-refractivity contribution >= 4 is 17.6 Å². The van der Waals surface area contributed by atoms with Crippen LogP contribution in [0, 0.1) is 5.82 Å². The van der Waals surface area contributed by atoms with Crippen molar-refractivity contribution in [3.8, 4) is 0 Å². The highest BCUT2D eigenvalue weighted by Gasteiger charge is 2.26. The number of amides is 2. The largest absolute Gasteiger partial charge is 0.382 e. The van der Waals surface area contributed by atoms with Crippen LogP contribution in [0.1, 0.15) is 16.1 Å². The Morgan fingerprint density at radius 2 is 1.60 bits per heavy atom. The number of nitrogen functional groups attached to an aromatic ring is 1. The lowest BCUT2D eigenvalue weighted by atomic mass is 10.1. The Balaban J connectivity index is 1.56. The van der Waals surface area contributed by atoms with Gasteiger partial charge in [-0.3, -0.25) is 9.59 Å². The molecule has 1 aromatic heterocycles. The fourth-order valence-corrected chi connectivity index (χ4v) is 2.71. The molecule has 8 heteroatoms. The maximum absolute atomic E-state index is 12.9. The number of carbonyl (C=O) groups is 2. The first-order valence-corrected chi connectivity index (χ1v) is 7.92. The van der Waals surface area contributed by atoms with E-state index in [1.165, 1.54) is 24.5 Å². The summed E-state index contributed by atoms with van der Waals surface area (Å²) >= 11 is 0. The van der Waals surface area contributed by atoms with Crippen molar-refractivity contribution < 1.29 is 14.0 Å². The average Bonchev–Trinajstić information content (AvgIpc) is 2.63. The zero-order valence-corrected chi connectivity index (χ0v) is 13.6. The third kappa shape index (κ3) is 3.90. The van der Waals surface area contributed by atoms with Gasteiger partial charge >= 0.3 is 0 Å². The quantitative estimate of drug-likeness (QED) is 0.887. The lowest BCUT2D eigenvalue weighted by Crippen LogP contribution is -2.51. The number of hydrogen-bond acceptors (Lipinski definition) is 5. The van der Waals surface area contributed by atoms with Crippen LogP contribution in [-0.4, -0.2) is 57.8 Å². The molecule has 0 atom stereocenters. The van der Waals surface area contributed by atoms with E-state index >= 15 is 0 Å². The highest BCUT2D eigenvalue weighted by molar-refractivity contribution is 5.96. The van der Waals surface area contributed by atoms with Gasteiger partial charge in [0.15, 0.2) is 11.5 Å². The van der Waals surface area contributed by atoms with Crippen molar-refractivity contribution in [3.05, 3.63) is 53.7 Å². The Hall–Kier alpha value is -3.03. The maximum atomic E-state index is 12.9. The van der Waals surface area contributed by atoms with Crippen LogP contribution in [0.2, 0.25) is 0 Å². The van der Waals surface area contributed by atoms with E-state index in [1.54, 1.807) is 21.9 Å². The first-order chi connectivity index (χ1) is 12.0. The van der Waals surface area contributed by atoms with Gasteiger partial charge in [-0.1, -0.05) is 12.1 Å². The van der Waals surface area contributed by atoms with E-state index in [0.717, 1.165) is 5.56 Å². The Labute approximate surface area is 144 Å². The number of hydrogen-bond donors (Lipinski definition) is 1. The van der Waals surface area contributed by atoms with Crippen LogP contribution in [0.3, 0.4) is 0 Å². The molecule has 130 valence electrons. The molecule has 0 aliphatic carbocycles. The van der Waals surface area contributed by atoms with Gasteiger partial charge in [0.05, 0.1) is 6.42 Å². The highest BCUT2D eigenvalue weighted by atomic mass is 19.1. The summed E-state index contributed by atoms with van der Waals surface area (Å²) in [6.45, 7) is 1.69. The van der Waals surface area contributed by atoms with Crippen LogP contribution in [0.25, 0.3) is 0 Å². The predicted molar refractivity (Wildman–Crippen MR) is 89.0 cm³/mol. The molecule has 0 bridgehead atoms. The Morgan fingerprint density at radius 1 is 1.00 bits per heavy atom. The molecule has 1 saturated heterocycles. The van der Waals surface area contributed by atoms with E-state index in [-0.39, 0.29) is 35.6 Å². The summed E-state index contributed by atoms with van der Waals surface area (Å²) in [5.41, 5.74) is 6.58. The van der Waals surface area contributed by atoms with Gasteiger partial charge in [0.2, 0.25) is 5.91 Å². The second kappa shape index (κ2) is 7.25. The molecule has 7 nitrogen and oxygen atoms in total. The lowest BCUT2D eigenvalue weighted by Gasteiger charge is -2.34. The van der Waals surface area contributed by atoms with Gasteiger partial charge in [0.1, 0.15) is 5.82 Å². The summed E-state index contributed by atoms with van der Waals surface area (Å²) in [5.74, 6) is -0.553. The molecule has 2 N–H and O–H groups in total. The molecule has 1 aliphatic rings. The molecule has 3 rings (SSSR count). The van der Waals surface area contributed by atoms with E-state index in [9.17, 15) is 14.0 Å². The Kier molecular flexibility index (Phi) is 4.87. The van der Waals surface area contributed by atoms with Crippen molar-refractivity contribution in [2.24, 2.45) is 0 Å². The van der Waals surface area contributed by atoms with E-state index in [2.05, 4.69) is 9.97 Å². The fourth-order valence-electron chi connectivity index (χ4n) is 2.71. The molecule has 2 aromatic rings. The van der Waals surface area contributed by atoms with Crippen molar-refractivity contribution in [1.82, 2.24) is 19.8 Å². The number of aromatic nitrogens is 2. The molecule has 0 radical (unpaired) electrons.